The van der Waals surface area contributed by atoms with Crippen LogP contribution in [0.5, 0.6) is 0 Å². The van der Waals surface area contributed by atoms with Crippen molar-refractivity contribution in [3.63, 3.8) is 0 Å². The fourth-order valence-corrected chi connectivity index (χ4v) is 3.25. The maximum atomic E-state index is 12.7. The number of hydrazone groups is 1. The molecule has 6 N–H and O–H groups in total. The molecule has 1 saturated carbocycles. The Labute approximate surface area is 166 Å². The third kappa shape index (κ3) is 4.98. The zero-order valence-corrected chi connectivity index (χ0v) is 15.5. The predicted molar refractivity (Wildman–Crippen MR) is 105 cm³/mol. The Morgan fingerprint density at radius 1 is 1.21 bits per heavy atom. The SMILES string of the molecule is NN=Cc1ccc(NC(=O)C2CCC2C(=O)NC(CC(=O)O)c2ccn[nH]2)cc1. The van der Waals surface area contributed by atoms with Gasteiger partial charge in [-0.3, -0.25) is 19.5 Å². The lowest BCUT2D eigenvalue weighted by Gasteiger charge is -2.35. The normalized spacial score (nSPS) is 19.3. The highest BCUT2D eigenvalue weighted by Crippen LogP contribution is 2.36. The Bertz CT molecular complexity index is 894. The summed E-state index contributed by atoms with van der Waals surface area (Å²) < 4.78 is 0. The van der Waals surface area contributed by atoms with Crippen molar-refractivity contribution in [1.29, 1.82) is 0 Å². The Morgan fingerprint density at radius 2 is 1.90 bits per heavy atom. The second kappa shape index (κ2) is 9.00. The van der Waals surface area contributed by atoms with Gasteiger partial charge in [0.2, 0.25) is 11.8 Å². The van der Waals surface area contributed by atoms with E-state index < -0.39 is 23.8 Å². The van der Waals surface area contributed by atoms with Crippen molar-refractivity contribution in [2.45, 2.75) is 25.3 Å². The highest BCUT2D eigenvalue weighted by Gasteiger charge is 2.42. The highest BCUT2D eigenvalue weighted by atomic mass is 16.4. The fourth-order valence-electron chi connectivity index (χ4n) is 3.25. The number of carboxylic acid groups (broad SMARTS) is 1. The molecule has 1 aromatic heterocycles. The highest BCUT2D eigenvalue weighted by molar-refractivity contribution is 5.97. The number of hydrogen-bond acceptors (Lipinski definition) is 6. The molecule has 1 aliphatic carbocycles. The van der Waals surface area contributed by atoms with Crippen LogP contribution in [0.4, 0.5) is 5.69 Å². The first kappa shape index (κ1) is 20.1. The predicted octanol–water partition coefficient (Wildman–Crippen LogP) is 0.999. The molecular formula is C19H22N6O4. The molecule has 3 unspecified atom stereocenters. The van der Waals surface area contributed by atoms with Gasteiger partial charge in [-0.1, -0.05) is 12.1 Å². The first-order valence-electron chi connectivity index (χ1n) is 9.13. The monoisotopic (exact) mass is 398 g/mol. The minimum absolute atomic E-state index is 0.243. The number of carbonyl (C=O) groups is 3. The molecular weight excluding hydrogens is 376 g/mol. The maximum absolute atomic E-state index is 12.7. The standard InChI is InChI=1S/C19H22N6O4/c20-21-10-11-1-3-12(4-2-11)23-18(28)13-5-6-14(13)19(29)24-16(9-17(26)27)15-7-8-22-25-15/h1-4,7-8,10,13-14,16H,5-6,9,20H2,(H,22,25)(H,23,28)(H,24,29)(H,26,27). The van der Waals surface area contributed by atoms with Gasteiger partial charge < -0.3 is 21.6 Å². The molecule has 0 spiro atoms. The van der Waals surface area contributed by atoms with Gasteiger partial charge in [-0.2, -0.15) is 10.2 Å². The van der Waals surface area contributed by atoms with Crippen molar-refractivity contribution in [1.82, 2.24) is 15.5 Å². The van der Waals surface area contributed by atoms with Crippen LogP contribution in [0.2, 0.25) is 0 Å². The van der Waals surface area contributed by atoms with Crippen LogP contribution < -0.4 is 16.5 Å². The average Bonchev–Trinajstić information content (AvgIpc) is 3.16. The maximum Gasteiger partial charge on any atom is 0.305 e. The number of benzene rings is 1. The molecule has 10 heteroatoms. The molecule has 1 aromatic carbocycles. The van der Waals surface area contributed by atoms with E-state index in [1.54, 1.807) is 30.3 Å². The molecule has 0 radical (unpaired) electrons. The summed E-state index contributed by atoms with van der Waals surface area (Å²) in [5, 5.41) is 24.5. The van der Waals surface area contributed by atoms with E-state index in [-0.39, 0.29) is 18.2 Å². The Morgan fingerprint density at radius 3 is 2.45 bits per heavy atom. The average molecular weight is 398 g/mol. The number of nitrogens with two attached hydrogens (primary N) is 1. The van der Waals surface area contributed by atoms with E-state index in [0.717, 1.165) is 5.56 Å². The Kier molecular flexibility index (Phi) is 6.22. The number of anilines is 1. The van der Waals surface area contributed by atoms with Gasteiger partial charge in [-0.25, -0.2) is 0 Å². The molecule has 2 amide bonds. The molecule has 1 aliphatic rings. The van der Waals surface area contributed by atoms with Crippen molar-refractivity contribution >= 4 is 29.7 Å². The Balaban J connectivity index is 1.60. The molecule has 10 nitrogen and oxygen atoms in total. The lowest BCUT2D eigenvalue weighted by atomic mass is 9.72. The van der Waals surface area contributed by atoms with Crippen molar-refractivity contribution in [2.24, 2.45) is 22.8 Å². The second-order valence-corrected chi connectivity index (χ2v) is 6.85. The first-order chi connectivity index (χ1) is 14.0. The summed E-state index contributed by atoms with van der Waals surface area (Å²) in [6.45, 7) is 0. The van der Waals surface area contributed by atoms with Crippen LogP contribution in [0.25, 0.3) is 0 Å². The van der Waals surface area contributed by atoms with Gasteiger partial charge >= 0.3 is 5.97 Å². The third-order valence-corrected chi connectivity index (χ3v) is 4.94. The summed E-state index contributed by atoms with van der Waals surface area (Å²) in [7, 11) is 0. The summed E-state index contributed by atoms with van der Waals surface area (Å²) in [6.07, 6.45) is 3.86. The summed E-state index contributed by atoms with van der Waals surface area (Å²) in [4.78, 5) is 36.3. The van der Waals surface area contributed by atoms with Gasteiger partial charge in [0.1, 0.15) is 0 Å². The molecule has 2 aromatic rings. The lowest BCUT2D eigenvalue weighted by Crippen LogP contribution is -2.47. The van der Waals surface area contributed by atoms with Crippen LogP contribution in [0, 0.1) is 11.8 Å². The zero-order chi connectivity index (χ0) is 20.8. The van der Waals surface area contributed by atoms with Crippen molar-refractivity contribution < 1.29 is 19.5 Å². The Hall–Kier alpha value is -3.69. The van der Waals surface area contributed by atoms with E-state index in [0.29, 0.717) is 24.2 Å². The molecule has 152 valence electrons. The number of amides is 2. The van der Waals surface area contributed by atoms with Gasteiger partial charge in [0.15, 0.2) is 0 Å². The quantitative estimate of drug-likeness (QED) is 0.253. The van der Waals surface area contributed by atoms with Crippen LogP contribution in [-0.4, -0.2) is 39.3 Å². The molecule has 1 fully saturated rings. The largest absolute Gasteiger partial charge is 0.481 e. The summed E-state index contributed by atoms with van der Waals surface area (Å²) in [5.74, 6) is 2.51. The molecule has 3 rings (SSSR count). The van der Waals surface area contributed by atoms with Gasteiger partial charge in [-0.15, -0.1) is 0 Å². The van der Waals surface area contributed by atoms with E-state index in [2.05, 4.69) is 25.9 Å². The van der Waals surface area contributed by atoms with Crippen LogP contribution in [0.3, 0.4) is 0 Å². The number of nitrogens with one attached hydrogen (secondary N) is 3. The molecule has 0 saturated heterocycles. The van der Waals surface area contributed by atoms with E-state index in [1.807, 2.05) is 0 Å². The lowest BCUT2D eigenvalue weighted by molar-refractivity contribution is -0.140. The van der Waals surface area contributed by atoms with Crippen LogP contribution in [0.15, 0.2) is 41.6 Å². The molecule has 0 bridgehead atoms. The van der Waals surface area contributed by atoms with Gasteiger partial charge in [0.05, 0.1) is 24.4 Å². The minimum atomic E-state index is -1.05. The third-order valence-electron chi connectivity index (χ3n) is 4.94. The molecule has 3 atom stereocenters. The van der Waals surface area contributed by atoms with E-state index in [1.165, 1.54) is 12.4 Å². The number of carbonyl (C=O) groups excluding carboxylic acids is 2. The van der Waals surface area contributed by atoms with E-state index in [4.69, 9.17) is 10.9 Å². The number of aliphatic carboxylic acids is 1. The summed E-state index contributed by atoms with van der Waals surface area (Å²) >= 11 is 0. The zero-order valence-electron chi connectivity index (χ0n) is 15.5. The number of carboxylic acids is 1. The molecule has 1 heterocycles. The van der Waals surface area contributed by atoms with Crippen molar-refractivity contribution in [3.8, 4) is 0 Å². The van der Waals surface area contributed by atoms with Crippen molar-refractivity contribution in [2.75, 3.05) is 5.32 Å². The van der Waals surface area contributed by atoms with Gasteiger partial charge in [-0.05, 0) is 36.6 Å². The first-order valence-corrected chi connectivity index (χ1v) is 9.13. The van der Waals surface area contributed by atoms with Gasteiger partial charge in [0, 0.05) is 23.7 Å². The number of aromatic nitrogens is 2. The van der Waals surface area contributed by atoms with Crippen LogP contribution >= 0.6 is 0 Å². The molecule has 0 aliphatic heterocycles. The van der Waals surface area contributed by atoms with Crippen LogP contribution in [0.1, 0.15) is 36.6 Å². The number of nitrogens with zero attached hydrogens (tertiary/aromatic N) is 2. The topological polar surface area (TPSA) is 163 Å². The van der Waals surface area contributed by atoms with Crippen molar-refractivity contribution in [3.05, 3.63) is 47.8 Å². The molecule has 29 heavy (non-hydrogen) atoms. The number of aromatic amines is 1. The number of rotatable bonds is 8. The van der Waals surface area contributed by atoms with Crippen LogP contribution in [-0.2, 0) is 14.4 Å². The summed E-state index contributed by atoms with van der Waals surface area (Å²) in [6, 6.07) is 7.85. The summed E-state index contributed by atoms with van der Waals surface area (Å²) in [5.41, 5.74) is 1.91. The minimum Gasteiger partial charge on any atom is -0.481 e. The van der Waals surface area contributed by atoms with Gasteiger partial charge in [0.25, 0.3) is 0 Å². The number of H-pyrrole nitrogens is 1. The second-order valence-electron chi connectivity index (χ2n) is 6.85. The smallest absolute Gasteiger partial charge is 0.305 e. The van der Waals surface area contributed by atoms with E-state index in [9.17, 15) is 14.4 Å². The fraction of sp³-hybridized carbons (Fsp3) is 0.316. The van der Waals surface area contributed by atoms with E-state index >= 15 is 0 Å². The number of hydrogen-bond donors (Lipinski definition) is 5.